The van der Waals surface area contributed by atoms with Gasteiger partial charge in [-0.2, -0.15) is 5.10 Å². The summed E-state index contributed by atoms with van der Waals surface area (Å²) in [5.41, 5.74) is 4.31. The van der Waals surface area contributed by atoms with E-state index in [1.54, 1.807) is 28.8 Å². The first kappa shape index (κ1) is 27.2. The number of carbonyl (C=O) groups is 2. The molecule has 8 heteroatoms. The van der Waals surface area contributed by atoms with E-state index in [-0.39, 0.29) is 40.0 Å². The van der Waals surface area contributed by atoms with Crippen molar-refractivity contribution in [2.45, 2.75) is 60.3 Å². The molecule has 1 aliphatic rings. The predicted octanol–water partition coefficient (Wildman–Crippen LogP) is 5.76. The number of aromatic nitrogens is 2. The van der Waals surface area contributed by atoms with Crippen molar-refractivity contribution in [1.29, 1.82) is 0 Å². The maximum absolute atomic E-state index is 13.2. The van der Waals surface area contributed by atoms with Crippen LogP contribution in [0.5, 0.6) is 0 Å². The Morgan fingerprint density at radius 2 is 1.84 bits per heavy atom. The van der Waals surface area contributed by atoms with E-state index in [1.807, 2.05) is 45.0 Å². The van der Waals surface area contributed by atoms with Crippen LogP contribution in [-0.4, -0.2) is 44.9 Å². The normalized spacial score (nSPS) is 14.4. The van der Waals surface area contributed by atoms with Gasteiger partial charge in [-0.25, -0.2) is 4.68 Å². The van der Waals surface area contributed by atoms with Gasteiger partial charge in [0.15, 0.2) is 5.78 Å². The van der Waals surface area contributed by atoms with Crippen LogP contribution in [0.1, 0.15) is 77.3 Å². The summed E-state index contributed by atoms with van der Waals surface area (Å²) < 4.78 is 1.57. The quantitative estimate of drug-likeness (QED) is 0.280. The predicted molar refractivity (Wildman–Crippen MR) is 147 cm³/mol. The maximum Gasteiger partial charge on any atom is 0.295 e. The molecule has 0 atom stereocenters. The lowest BCUT2D eigenvalue weighted by Crippen LogP contribution is -2.29. The summed E-state index contributed by atoms with van der Waals surface area (Å²) in [4.78, 5) is 39.6. The molecular formula is C30H36N4O4. The molecule has 8 nitrogen and oxygen atoms in total. The van der Waals surface area contributed by atoms with Gasteiger partial charge in [-0.1, -0.05) is 57.5 Å². The number of likely N-dealkylation sites (N-methyl/N-ethyl adjacent to an activating group) is 1. The average Bonchev–Trinajstić information content (AvgIpc) is 3.18. The Balaban J connectivity index is 1.68. The van der Waals surface area contributed by atoms with Crippen LogP contribution in [0.15, 0.2) is 42.5 Å². The van der Waals surface area contributed by atoms with Gasteiger partial charge in [0.05, 0.1) is 21.9 Å². The van der Waals surface area contributed by atoms with Crippen LogP contribution < -0.4 is 0 Å². The lowest BCUT2D eigenvalue weighted by atomic mass is 9.75. The Kier molecular flexibility index (Phi) is 7.54. The third kappa shape index (κ3) is 5.69. The molecule has 0 aliphatic heterocycles. The highest BCUT2D eigenvalue weighted by Gasteiger charge is 2.37. The summed E-state index contributed by atoms with van der Waals surface area (Å²) in [5, 5.41) is 16.9. The summed E-state index contributed by atoms with van der Waals surface area (Å²) in [6.07, 6.45) is 2.29. The van der Waals surface area contributed by atoms with Crippen molar-refractivity contribution in [1.82, 2.24) is 14.7 Å². The van der Waals surface area contributed by atoms with Gasteiger partial charge in [0.25, 0.3) is 11.6 Å². The van der Waals surface area contributed by atoms with Gasteiger partial charge in [-0.05, 0) is 55.2 Å². The number of nitrogens with zero attached hydrogens (tertiary/aromatic N) is 4. The molecule has 0 N–H and O–H groups in total. The highest BCUT2D eigenvalue weighted by molar-refractivity contribution is 6.00. The number of amides is 1. The number of rotatable bonds is 8. The summed E-state index contributed by atoms with van der Waals surface area (Å²) in [5.74, 6) is 0.0180. The first-order valence-corrected chi connectivity index (χ1v) is 13.1. The maximum atomic E-state index is 13.2. The Morgan fingerprint density at radius 3 is 2.47 bits per heavy atom. The third-order valence-electron chi connectivity index (χ3n) is 7.07. The number of hydrogen-bond donors (Lipinski definition) is 0. The largest absolute Gasteiger partial charge is 0.341 e. The van der Waals surface area contributed by atoms with Crippen LogP contribution in [0.25, 0.3) is 5.69 Å². The molecule has 0 radical (unpaired) electrons. The highest BCUT2D eigenvalue weighted by atomic mass is 16.6. The number of benzene rings is 2. The van der Waals surface area contributed by atoms with E-state index in [4.69, 9.17) is 5.10 Å². The topological polar surface area (TPSA) is 98.3 Å². The lowest BCUT2D eigenvalue weighted by Gasteiger charge is -2.29. The standard InChI is InChI=1S/C30H36N4O4/c1-19(2)15-23-28-26(17-30(4,5)18-27(28)35)33(31-23)24-12-11-22(16-25(24)34(37)38)29(36)32(6)14-13-21-9-7-20(3)8-10-21/h7-12,16,19H,13-15,17-18H2,1-6H3. The van der Waals surface area contributed by atoms with E-state index in [1.165, 1.54) is 11.6 Å². The lowest BCUT2D eigenvalue weighted by molar-refractivity contribution is -0.384. The zero-order valence-corrected chi connectivity index (χ0v) is 23.1. The van der Waals surface area contributed by atoms with E-state index in [0.29, 0.717) is 49.2 Å². The van der Waals surface area contributed by atoms with Crippen molar-refractivity contribution in [3.05, 3.63) is 86.2 Å². The number of fused-ring (bicyclic) bond motifs is 1. The summed E-state index contributed by atoms with van der Waals surface area (Å²) in [7, 11) is 1.70. The first-order chi connectivity index (χ1) is 17.9. The summed E-state index contributed by atoms with van der Waals surface area (Å²) in [6.45, 7) is 10.7. The molecule has 1 amide bonds. The van der Waals surface area contributed by atoms with Crippen molar-refractivity contribution in [2.75, 3.05) is 13.6 Å². The molecule has 1 aromatic heterocycles. The van der Waals surface area contributed by atoms with E-state index < -0.39 is 4.92 Å². The zero-order valence-electron chi connectivity index (χ0n) is 23.1. The van der Waals surface area contributed by atoms with Gasteiger partial charge in [0.1, 0.15) is 5.69 Å². The Bertz CT molecular complexity index is 1390. The van der Waals surface area contributed by atoms with Crippen molar-refractivity contribution >= 4 is 17.4 Å². The molecule has 0 saturated carbocycles. The van der Waals surface area contributed by atoms with Gasteiger partial charge < -0.3 is 4.90 Å². The van der Waals surface area contributed by atoms with Gasteiger partial charge in [0.2, 0.25) is 0 Å². The molecule has 0 saturated heterocycles. The van der Waals surface area contributed by atoms with Crippen molar-refractivity contribution in [3.63, 3.8) is 0 Å². The van der Waals surface area contributed by atoms with Crippen LogP contribution >= 0.6 is 0 Å². The minimum atomic E-state index is -0.482. The molecule has 2 aromatic carbocycles. The van der Waals surface area contributed by atoms with Gasteiger partial charge in [-0.3, -0.25) is 19.7 Å². The summed E-state index contributed by atoms with van der Waals surface area (Å²) >= 11 is 0. The number of hydrogen-bond acceptors (Lipinski definition) is 5. The average molecular weight is 517 g/mol. The second kappa shape index (κ2) is 10.5. The second-order valence-electron chi connectivity index (χ2n) is 11.6. The molecule has 1 heterocycles. The van der Waals surface area contributed by atoms with E-state index >= 15 is 0 Å². The van der Waals surface area contributed by atoms with Crippen LogP contribution in [0, 0.1) is 28.4 Å². The Labute approximate surface area is 223 Å². The Hall–Kier alpha value is -3.81. The van der Waals surface area contributed by atoms with E-state index in [2.05, 4.69) is 13.8 Å². The first-order valence-electron chi connectivity index (χ1n) is 13.1. The monoisotopic (exact) mass is 516 g/mol. The molecule has 0 fully saturated rings. The molecule has 200 valence electrons. The molecule has 0 spiro atoms. The van der Waals surface area contributed by atoms with Crippen molar-refractivity contribution in [2.24, 2.45) is 11.3 Å². The number of nitro groups is 1. The zero-order chi connectivity index (χ0) is 27.8. The molecule has 0 unspecified atom stereocenters. The fraction of sp³-hybridized carbons (Fsp3) is 0.433. The molecule has 1 aliphatic carbocycles. The minimum Gasteiger partial charge on any atom is -0.341 e. The van der Waals surface area contributed by atoms with Crippen LogP contribution in [0.4, 0.5) is 5.69 Å². The number of Topliss-reactive ketones (excluding diaryl/α,β-unsaturated/α-hetero) is 1. The Morgan fingerprint density at radius 1 is 1.16 bits per heavy atom. The van der Waals surface area contributed by atoms with Gasteiger partial charge in [0, 0.05) is 31.6 Å². The second-order valence-corrected chi connectivity index (χ2v) is 11.6. The SMILES string of the molecule is Cc1ccc(CCN(C)C(=O)c2ccc(-n3nc(CC(C)C)c4c3CC(C)(C)CC4=O)c([N+](=O)[O-])c2)cc1. The third-order valence-corrected chi connectivity index (χ3v) is 7.07. The van der Waals surface area contributed by atoms with E-state index in [9.17, 15) is 19.7 Å². The van der Waals surface area contributed by atoms with Gasteiger partial charge in [-0.15, -0.1) is 0 Å². The summed E-state index contributed by atoms with van der Waals surface area (Å²) in [6, 6.07) is 12.7. The molecule has 0 bridgehead atoms. The van der Waals surface area contributed by atoms with Gasteiger partial charge >= 0.3 is 0 Å². The number of ketones is 1. The minimum absolute atomic E-state index is 0.0304. The van der Waals surface area contributed by atoms with Crippen LogP contribution in [-0.2, 0) is 19.3 Å². The number of nitro benzene ring substituents is 1. The molecule has 38 heavy (non-hydrogen) atoms. The molecule has 4 rings (SSSR count). The number of carbonyl (C=O) groups excluding carboxylic acids is 2. The fourth-order valence-electron chi connectivity index (χ4n) is 5.11. The van der Waals surface area contributed by atoms with Crippen molar-refractivity contribution < 1.29 is 14.5 Å². The smallest absolute Gasteiger partial charge is 0.295 e. The molecular weight excluding hydrogens is 480 g/mol. The van der Waals surface area contributed by atoms with Crippen molar-refractivity contribution in [3.8, 4) is 5.69 Å². The molecule has 3 aromatic rings. The fourth-order valence-corrected chi connectivity index (χ4v) is 5.11. The van der Waals surface area contributed by atoms with Crippen LogP contribution in [0.2, 0.25) is 0 Å². The van der Waals surface area contributed by atoms with E-state index in [0.717, 1.165) is 5.56 Å². The highest BCUT2D eigenvalue weighted by Crippen LogP contribution is 2.39. The number of aryl methyl sites for hydroxylation is 1. The van der Waals surface area contributed by atoms with Crippen LogP contribution in [0.3, 0.4) is 0 Å².